The van der Waals surface area contributed by atoms with E-state index in [9.17, 15) is 13.2 Å². The van der Waals surface area contributed by atoms with E-state index in [-0.39, 0.29) is 0 Å². The molecular weight excluding hydrogens is 413 g/mol. The lowest BCUT2D eigenvalue weighted by Crippen LogP contribution is -2.38. The molecule has 2 aromatic rings. The van der Waals surface area contributed by atoms with Crippen molar-refractivity contribution in [1.29, 1.82) is 0 Å². The number of aliphatic carboxylic acids is 1. The van der Waals surface area contributed by atoms with Crippen LogP contribution < -0.4 is 0 Å². The van der Waals surface area contributed by atoms with Crippen LogP contribution in [0, 0.1) is 5.92 Å². The molecule has 0 bridgehead atoms. The molecule has 2 fully saturated rings. The fourth-order valence-corrected chi connectivity index (χ4v) is 3.63. The molecule has 170 valence electrons. The maximum atomic E-state index is 10.6. The summed E-state index contributed by atoms with van der Waals surface area (Å²) in [5.41, 5.74) is 2.57. The summed E-state index contributed by atoms with van der Waals surface area (Å²) in [6, 6.07) is 4.60. The Bertz CT molecular complexity index is 840. The van der Waals surface area contributed by atoms with Crippen molar-refractivity contribution in [2.24, 2.45) is 13.0 Å². The molecule has 1 aliphatic heterocycles. The first-order chi connectivity index (χ1) is 14.7. The third kappa shape index (κ3) is 7.32. The summed E-state index contributed by atoms with van der Waals surface area (Å²) in [6.45, 7) is 2.98. The van der Waals surface area contributed by atoms with Gasteiger partial charge in [0.25, 0.3) is 0 Å². The van der Waals surface area contributed by atoms with Gasteiger partial charge in [0.1, 0.15) is 0 Å². The summed E-state index contributed by atoms with van der Waals surface area (Å²) in [4.78, 5) is 15.7. The highest BCUT2D eigenvalue weighted by Crippen LogP contribution is 2.32. The van der Waals surface area contributed by atoms with E-state index in [1.807, 2.05) is 36.4 Å². The normalized spacial score (nSPS) is 21.5. The van der Waals surface area contributed by atoms with Gasteiger partial charge in [0.05, 0.1) is 12.3 Å². The van der Waals surface area contributed by atoms with E-state index in [1.165, 1.54) is 24.0 Å². The summed E-state index contributed by atoms with van der Waals surface area (Å²) in [5.74, 6) is -1.94. The number of carboxylic acids is 1. The number of hydrogen-bond donors (Lipinski definition) is 1. The van der Waals surface area contributed by atoms with Crippen LogP contribution in [-0.4, -0.2) is 62.2 Å². The van der Waals surface area contributed by atoms with E-state index in [1.54, 1.807) is 0 Å². The second-order valence-electron chi connectivity index (χ2n) is 8.03. The van der Waals surface area contributed by atoms with Crippen molar-refractivity contribution in [1.82, 2.24) is 19.7 Å². The Morgan fingerprint density at radius 3 is 2.55 bits per heavy atom. The molecule has 1 aliphatic carbocycles. The minimum absolute atomic E-state index is 0.336. The van der Waals surface area contributed by atoms with Gasteiger partial charge in [-0.2, -0.15) is 18.3 Å². The van der Waals surface area contributed by atoms with Crippen LogP contribution in [-0.2, 0) is 29.5 Å². The summed E-state index contributed by atoms with van der Waals surface area (Å²) in [7, 11) is 1.98. The number of aryl methyl sites for hydroxylation is 1. The Kier molecular flexibility index (Phi) is 7.66. The van der Waals surface area contributed by atoms with Gasteiger partial charge < -0.3 is 9.84 Å². The highest BCUT2D eigenvalue weighted by molar-refractivity contribution is 5.73. The molecular formula is C21H27F3N4O3. The summed E-state index contributed by atoms with van der Waals surface area (Å²) in [5, 5.41) is 11.4. The van der Waals surface area contributed by atoms with Crippen LogP contribution in [0.4, 0.5) is 13.2 Å². The molecule has 0 aromatic carbocycles. The van der Waals surface area contributed by atoms with Gasteiger partial charge in [0, 0.05) is 51.4 Å². The predicted molar refractivity (Wildman–Crippen MR) is 106 cm³/mol. The molecule has 2 atom stereocenters. The Hall–Kier alpha value is -2.46. The fraction of sp³-hybridized carbons (Fsp3) is 0.571. The highest BCUT2D eigenvalue weighted by Gasteiger charge is 2.38. The number of ether oxygens (including phenoxy) is 1. The first-order valence-corrected chi connectivity index (χ1v) is 10.2. The molecule has 7 nitrogen and oxygen atoms in total. The number of halogens is 3. The molecule has 0 unspecified atom stereocenters. The Morgan fingerprint density at radius 2 is 2.00 bits per heavy atom. The lowest BCUT2D eigenvalue weighted by molar-refractivity contribution is -0.192. The molecule has 0 spiro atoms. The average Bonchev–Trinajstić information content (AvgIpc) is 3.35. The molecule has 1 N–H and O–H groups in total. The summed E-state index contributed by atoms with van der Waals surface area (Å²) >= 11 is 0. The minimum Gasteiger partial charge on any atom is -0.475 e. The quantitative estimate of drug-likeness (QED) is 0.713. The maximum absolute atomic E-state index is 10.6. The van der Waals surface area contributed by atoms with Crippen molar-refractivity contribution >= 4 is 5.97 Å². The number of hydrogen-bond acceptors (Lipinski definition) is 5. The molecule has 2 aliphatic rings. The van der Waals surface area contributed by atoms with Crippen LogP contribution in [0.2, 0.25) is 0 Å². The monoisotopic (exact) mass is 440 g/mol. The summed E-state index contributed by atoms with van der Waals surface area (Å²) in [6.07, 6.45) is 7.99. The van der Waals surface area contributed by atoms with Gasteiger partial charge in [-0.1, -0.05) is 6.07 Å². The van der Waals surface area contributed by atoms with Gasteiger partial charge in [-0.05, 0) is 48.8 Å². The van der Waals surface area contributed by atoms with Gasteiger partial charge in [-0.15, -0.1) is 0 Å². The molecule has 0 amide bonds. The second-order valence-corrected chi connectivity index (χ2v) is 8.03. The predicted octanol–water partition coefficient (Wildman–Crippen LogP) is 3.06. The lowest BCUT2D eigenvalue weighted by Gasteiger charge is -2.28. The number of alkyl halides is 3. The van der Waals surface area contributed by atoms with Crippen molar-refractivity contribution < 1.29 is 27.8 Å². The Morgan fingerprint density at radius 1 is 1.26 bits per heavy atom. The minimum atomic E-state index is -5.08. The highest BCUT2D eigenvalue weighted by atomic mass is 19.4. The number of rotatable bonds is 7. The molecule has 31 heavy (non-hydrogen) atoms. The molecule has 4 rings (SSSR count). The second kappa shape index (κ2) is 10.2. The van der Waals surface area contributed by atoms with Crippen molar-refractivity contribution in [3.05, 3.63) is 48.0 Å². The van der Waals surface area contributed by atoms with Crippen LogP contribution in [0.15, 0.2) is 36.9 Å². The van der Waals surface area contributed by atoms with E-state index in [0.29, 0.717) is 12.1 Å². The Labute approximate surface area is 178 Å². The number of likely N-dealkylation sites (tertiary alicyclic amines) is 1. The van der Waals surface area contributed by atoms with Gasteiger partial charge in [-0.3, -0.25) is 14.6 Å². The zero-order valence-corrected chi connectivity index (χ0v) is 17.3. The molecule has 0 radical (unpaired) electrons. The number of aromatic nitrogens is 3. The molecule has 1 saturated carbocycles. The van der Waals surface area contributed by atoms with Gasteiger partial charge >= 0.3 is 12.1 Å². The van der Waals surface area contributed by atoms with E-state index < -0.39 is 12.1 Å². The average molecular weight is 440 g/mol. The molecule has 3 heterocycles. The van der Waals surface area contributed by atoms with Gasteiger partial charge in [0.2, 0.25) is 0 Å². The zero-order valence-electron chi connectivity index (χ0n) is 17.3. The standard InChI is InChI=1S/C19H26N4O.C2HF3O2/c1-22-12-17(11-21-22)9-18-19(24-14-15-4-5-15)6-8-23(18)13-16-3-2-7-20-10-16;3-2(4,5)1(6)7/h2-3,7,10-12,15,18-19H,4-6,8-9,13-14H2,1H3;(H,6,7)/t18-,19-;/m0./s1. The van der Waals surface area contributed by atoms with Crippen molar-refractivity contribution in [2.45, 2.75) is 50.6 Å². The first kappa shape index (κ1) is 23.2. The number of pyridine rings is 1. The molecule has 10 heteroatoms. The molecule has 2 aromatic heterocycles. The van der Waals surface area contributed by atoms with Crippen molar-refractivity contribution in [3.63, 3.8) is 0 Å². The first-order valence-electron chi connectivity index (χ1n) is 10.2. The number of carboxylic acid groups (broad SMARTS) is 1. The smallest absolute Gasteiger partial charge is 0.475 e. The van der Waals surface area contributed by atoms with Crippen molar-refractivity contribution in [2.75, 3.05) is 13.2 Å². The largest absolute Gasteiger partial charge is 0.490 e. The zero-order chi connectivity index (χ0) is 22.4. The number of nitrogens with zero attached hydrogens (tertiary/aromatic N) is 4. The van der Waals surface area contributed by atoms with E-state index in [0.717, 1.165) is 38.5 Å². The third-order valence-electron chi connectivity index (χ3n) is 5.40. The van der Waals surface area contributed by atoms with Crippen LogP contribution in [0.1, 0.15) is 30.4 Å². The lowest BCUT2D eigenvalue weighted by atomic mass is 10.0. The van der Waals surface area contributed by atoms with Crippen LogP contribution >= 0.6 is 0 Å². The van der Waals surface area contributed by atoms with Crippen molar-refractivity contribution in [3.8, 4) is 0 Å². The topological polar surface area (TPSA) is 80.5 Å². The van der Waals surface area contributed by atoms with Crippen LogP contribution in [0.3, 0.4) is 0 Å². The van der Waals surface area contributed by atoms with E-state index in [2.05, 4.69) is 27.2 Å². The maximum Gasteiger partial charge on any atom is 0.490 e. The Balaban J connectivity index is 0.000000339. The molecule has 1 saturated heterocycles. The summed E-state index contributed by atoms with van der Waals surface area (Å²) < 4.78 is 39.9. The third-order valence-corrected chi connectivity index (χ3v) is 5.40. The van der Waals surface area contributed by atoms with E-state index in [4.69, 9.17) is 14.6 Å². The SMILES string of the molecule is Cn1cc(C[C@H]2[C@@H](OCC3CC3)CCN2Cc2cccnc2)cn1.O=C(O)C(F)(F)F. The van der Waals surface area contributed by atoms with E-state index >= 15 is 0 Å². The fourth-order valence-electron chi connectivity index (χ4n) is 3.63. The van der Waals surface area contributed by atoms with Crippen LogP contribution in [0.25, 0.3) is 0 Å². The number of carbonyl (C=O) groups is 1. The van der Waals surface area contributed by atoms with Gasteiger partial charge in [-0.25, -0.2) is 4.79 Å². The van der Waals surface area contributed by atoms with Crippen LogP contribution in [0.5, 0.6) is 0 Å². The van der Waals surface area contributed by atoms with Gasteiger partial charge in [0.15, 0.2) is 0 Å².